The van der Waals surface area contributed by atoms with Crippen LogP contribution in [0.4, 0.5) is 5.69 Å². The zero-order valence-corrected chi connectivity index (χ0v) is 13.0. The number of rotatable bonds is 5. The van der Waals surface area contributed by atoms with Gasteiger partial charge in [-0.15, -0.1) is 0 Å². The van der Waals surface area contributed by atoms with Crippen molar-refractivity contribution in [1.29, 1.82) is 0 Å². The topological polar surface area (TPSA) is 76.3 Å². The van der Waals surface area contributed by atoms with E-state index in [9.17, 15) is 8.42 Å². The van der Waals surface area contributed by atoms with E-state index >= 15 is 0 Å². The van der Waals surface area contributed by atoms with E-state index < -0.39 is 10.0 Å². The monoisotopic (exact) mass is 305 g/mol. The minimum absolute atomic E-state index is 0.264. The van der Waals surface area contributed by atoms with E-state index in [1.54, 1.807) is 44.6 Å². The lowest BCUT2D eigenvalue weighted by atomic mass is 10.2. The SMILES string of the molecule is Cc1c(N)cccc1S(=O)(=O)N(C)CCc1ccncc1. The lowest BCUT2D eigenvalue weighted by molar-refractivity contribution is 0.472. The molecule has 2 rings (SSSR count). The average molecular weight is 305 g/mol. The Labute approximate surface area is 125 Å². The third-order valence-electron chi connectivity index (χ3n) is 3.48. The van der Waals surface area contributed by atoms with Crippen LogP contribution in [0.1, 0.15) is 11.1 Å². The average Bonchev–Trinajstić information content (AvgIpc) is 2.48. The van der Waals surface area contributed by atoms with Gasteiger partial charge in [0.05, 0.1) is 4.90 Å². The van der Waals surface area contributed by atoms with Crippen molar-refractivity contribution in [3.63, 3.8) is 0 Å². The summed E-state index contributed by atoms with van der Waals surface area (Å²) in [5.74, 6) is 0. The highest BCUT2D eigenvalue weighted by Crippen LogP contribution is 2.23. The molecule has 0 aliphatic heterocycles. The maximum absolute atomic E-state index is 12.6. The van der Waals surface area contributed by atoms with Crippen molar-refractivity contribution in [2.24, 2.45) is 0 Å². The minimum Gasteiger partial charge on any atom is -0.398 e. The number of sulfonamides is 1. The molecule has 2 N–H and O–H groups in total. The van der Waals surface area contributed by atoms with Crippen LogP contribution in [0.3, 0.4) is 0 Å². The number of benzene rings is 1. The Morgan fingerprint density at radius 3 is 2.52 bits per heavy atom. The summed E-state index contributed by atoms with van der Waals surface area (Å²) in [5.41, 5.74) is 7.92. The Bertz CT molecular complexity index is 715. The van der Waals surface area contributed by atoms with E-state index in [0.717, 1.165) is 5.56 Å². The molecular formula is C15H19N3O2S. The third kappa shape index (κ3) is 3.40. The maximum Gasteiger partial charge on any atom is 0.243 e. The quantitative estimate of drug-likeness (QED) is 0.855. The number of pyridine rings is 1. The van der Waals surface area contributed by atoms with E-state index in [1.807, 2.05) is 12.1 Å². The first kappa shape index (κ1) is 15.5. The molecule has 1 aromatic carbocycles. The van der Waals surface area contributed by atoms with Gasteiger partial charge in [0.2, 0.25) is 10.0 Å². The van der Waals surface area contributed by atoms with Crippen molar-refractivity contribution >= 4 is 15.7 Å². The summed E-state index contributed by atoms with van der Waals surface area (Å²) in [6, 6.07) is 8.71. The van der Waals surface area contributed by atoms with Gasteiger partial charge in [-0.2, -0.15) is 0 Å². The molecule has 0 fully saturated rings. The molecule has 1 heterocycles. The van der Waals surface area contributed by atoms with Gasteiger partial charge in [-0.25, -0.2) is 12.7 Å². The molecule has 0 aliphatic rings. The molecule has 0 amide bonds. The van der Waals surface area contributed by atoms with Gasteiger partial charge in [0, 0.05) is 31.7 Å². The number of aromatic nitrogens is 1. The fourth-order valence-corrected chi connectivity index (χ4v) is 3.46. The van der Waals surface area contributed by atoms with Crippen LogP contribution in [-0.2, 0) is 16.4 Å². The van der Waals surface area contributed by atoms with Gasteiger partial charge in [-0.1, -0.05) is 6.07 Å². The molecular weight excluding hydrogens is 286 g/mol. The fourth-order valence-electron chi connectivity index (χ4n) is 2.03. The number of likely N-dealkylation sites (N-methyl/N-ethyl adjacent to an activating group) is 1. The summed E-state index contributed by atoms with van der Waals surface area (Å²) >= 11 is 0. The highest BCUT2D eigenvalue weighted by atomic mass is 32.2. The molecule has 0 unspecified atom stereocenters. The third-order valence-corrected chi connectivity index (χ3v) is 5.48. The fraction of sp³-hybridized carbons (Fsp3) is 0.267. The first-order valence-electron chi connectivity index (χ1n) is 6.63. The summed E-state index contributed by atoms with van der Waals surface area (Å²) < 4.78 is 26.5. The molecule has 0 saturated heterocycles. The molecule has 2 aromatic rings. The molecule has 0 saturated carbocycles. The van der Waals surface area contributed by atoms with E-state index in [-0.39, 0.29) is 4.90 Å². The van der Waals surface area contributed by atoms with Gasteiger partial charge in [-0.3, -0.25) is 4.98 Å². The van der Waals surface area contributed by atoms with Gasteiger partial charge in [-0.05, 0) is 48.7 Å². The van der Waals surface area contributed by atoms with Gasteiger partial charge in [0.1, 0.15) is 0 Å². The highest BCUT2D eigenvalue weighted by Gasteiger charge is 2.23. The van der Waals surface area contributed by atoms with Crippen molar-refractivity contribution in [3.8, 4) is 0 Å². The molecule has 6 heteroatoms. The lowest BCUT2D eigenvalue weighted by Gasteiger charge is -2.19. The van der Waals surface area contributed by atoms with Crippen molar-refractivity contribution in [1.82, 2.24) is 9.29 Å². The van der Waals surface area contributed by atoms with Gasteiger partial charge < -0.3 is 5.73 Å². The number of hydrogen-bond donors (Lipinski definition) is 1. The Morgan fingerprint density at radius 2 is 1.86 bits per heavy atom. The summed E-state index contributed by atoms with van der Waals surface area (Å²) in [6.07, 6.45) is 4.04. The lowest BCUT2D eigenvalue weighted by Crippen LogP contribution is -2.29. The molecule has 112 valence electrons. The molecule has 0 bridgehead atoms. The Hall–Kier alpha value is -1.92. The van der Waals surface area contributed by atoms with E-state index in [4.69, 9.17) is 5.73 Å². The van der Waals surface area contributed by atoms with Crippen molar-refractivity contribution in [2.75, 3.05) is 19.3 Å². The first-order valence-corrected chi connectivity index (χ1v) is 8.07. The standard InChI is InChI=1S/C15H19N3O2S/c1-12-14(16)4-3-5-15(12)21(19,20)18(2)11-8-13-6-9-17-10-7-13/h3-7,9-10H,8,11,16H2,1-2H3. The summed E-state index contributed by atoms with van der Waals surface area (Å²) in [6.45, 7) is 2.12. The van der Waals surface area contributed by atoms with E-state index in [0.29, 0.717) is 24.2 Å². The number of nitrogens with two attached hydrogens (primary N) is 1. The van der Waals surface area contributed by atoms with Gasteiger partial charge in [0.15, 0.2) is 0 Å². The van der Waals surface area contributed by atoms with Crippen LogP contribution < -0.4 is 5.73 Å². The number of anilines is 1. The second kappa shape index (κ2) is 6.24. The van der Waals surface area contributed by atoms with Crippen LogP contribution in [0.2, 0.25) is 0 Å². The normalized spacial score (nSPS) is 11.8. The second-order valence-electron chi connectivity index (χ2n) is 4.90. The number of nitrogens with zero attached hydrogens (tertiary/aromatic N) is 2. The van der Waals surface area contributed by atoms with Gasteiger partial charge in [0.25, 0.3) is 0 Å². The zero-order valence-electron chi connectivity index (χ0n) is 12.2. The van der Waals surface area contributed by atoms with Gasteiger partial charge >= 0.3 is 0 Å². The highest BCUT2D eigenvalue weighted by molar-refractivity contribution is 7.89. The van der Waals surface area contributed by atoms with Crippen molar-refractivity contribution in [2.45, 2.75) is 18.2 Å². The Morgan fingerprint density at radius 1 is 1.19 bits per heavy atom. The molecule has 21 heavy (non-hydrogen) atoms. The van der Waals surface area contributed by atoms with Crippen LogP contribution in [0.15, 0.2) is 47.6 Å². The molecule has 5 nitrogen and oxygen atoms in total. The minimum atomic E-state index is -3.52. The summed E-state index contributed by atoms with van der Waals surface area (Å²) in [7, 11) is -1.94. The molecule has 1 aromatic heterocycles. The maximum atomic E-state index is 12.6. The Balaban J connectivity index is 2.17. The van der Waals surface area contributed by atoms with Crippen LogP contribution in [0.5, 0.6) is 0 Å². The van der Waals surface area contributed by atoms with E-state index in [2.05, 4.69) is 4.98 Å². The van der Waals surface area contributed by atoms with E-state index in [1.165, 1.54) is 4.31 Å². The Kier molecular flexibility index (Phi) is 4.59. The number of nitrogen functional groups attached to an aromatic ring is 1. The molecule has 0 radical (unpaired) electrons. The van der Waals surface area contributed by atoms with Crippen LogP contribution in [0.25, 0.3) is 0 Å². The smallest absolute Gasteiger partial charge is 0.243 e. The number of hydrogen-bond acceptors (Lipinski definition) is 4. The molecule has 0 spiro atoms. The van der Waals surface area contributed by atoms with Crippen molar-refractivity contribution < 1.29 is 8.42 Å². The molecule has 0 aliphatic carbocycles. The largest absolute Gasteiger partial charge is 0.398 e. The first-order chi connectivity index (χ1) is 9.93. The predicted molar refractivity (Wildman–Crippen MR) is 83.3 cm³/mol. The van der Waals surface area contributed by atoms with Crippen LogP contribution in [0, 0.1) is 6.92 Å². The second-order valence-corrected chi connectivity index (χ2v) is 6.92. The van der Waals surface area contributed by atoms with Crippen LogP contribution in [-0.4, -0.2) is 31.3 Å². The molecule has 0 atom stereocenters. The zero-order chi connectivity index (χ0) is 15.5. The summed E-state index contributed by atoms with van der Waals surface area (Å²) in [5, 5.41) is 0. The van der Waals surface area contributed by atoms with Crippen molar-refractivity contribution in [3.05, 3.63) is 53.9 Å². The predicted octanol–water partition coefficient (Wildman–Crippen LogP) is 1.84. The summed E-state index contributed by atoms with van der Waals surface area (Å²) in [4.78, 5) is 4.21. The van der Waals surface area contributed by atoms with Crippen LogP contribution >= 0.6 is 0 Å².